The average Bonchev–Trinajstić information content (AvgIpc) is 2.71. The summed E-state index contributed by atoms with van der Waals surface area (Å²) >= 11 is 0. The SMILES string of the molecule is CCC1(C)CC(N2C(=O)C=C(C)C2O)=NO1. The number of oxime groups is 1. The summed E-state index contributed by atoms with van der Waals surface area (Å²) in [7, 11) is 0. The highest BCUT2D eigenvalue weighted by Crippen LogP contribution is 2.30. The van der Waals surface area contributed by atoms with E-state index in [9.17, 15) is 9.90 Å². The van der Waals surface area contributed by atoms with Crippen LogP contribution in [0.5, 0.6) is 0 Å². The molecule has 2 atom stereocenters. The second-order valence-electron chi connectivity index (χ2n) is 4.55. The number of carbonyl (C=O) groups excluding carboxylic acids is 1. The van der Waals surface area contributed by atoms with Crippen LogP contribution < -0.4 is 0 Å². The standard InChI is InChI=1S/C11H16N2O3/c1-4-11(3)6-8(12-16-11)13-9(14)5-7(2)10(13)15/h5,10,15H,4,6H2,1-3H3. The van der Waals surface area contributed by atoms with Crippen molar-refractivity contribution in [1.29, 1.82) is 0 Å². The highest BCUT2D eigenvalue weighted by Gasteiger charge is 2.40. The minimum Gasteiger partial charge on any atom is -0.388 e. The Hall–Kier alpha value is -1.36. The van der Waals surface area contributed by atoms with Crippen molar-refractivity contribution in [1.82, 2.24) is 4.90 Å². The molecule has 0 aromatic heterocycles. The van der Waals surface area contributed by atoms with Crippen LogP contribution >= 0.6 is 0 Å². The first kappa shape index (κ1) is 11.1. The Balaban J connectivity index is 2.15. The number of hydrogen-bond donors (Lipinski definition) is 1. The smallest absolute Gasteiger partial charge is 0.254 e. The Bertz CT molecular complexity index is 389. The molecule has 2 unspecified atom stereocenters. The Morgan fingerprint density at radius 1 is 1.75 bits per heavy atom. The van der Waals surface area contributed by atoms with E-state index in [4.69, 9.17) is 4.84 Å². The van der Waals surface area contributed by atoms with Crippen LogP contribution in [0.4, 0.5) is 0 Å². The number of rotatable bonds is 1. The number of amides is 1. The van der Waals surface area contributed by atoms with Crippen molar-refractivity contribution in [3.8, 4) is 0 Å². The largest absolute Gasteiger partial charge is 0.388 e. The quantitative estimate of drug-likeness (QED) is 0.722. The molecule has 0 saturated carbocycles. The van der Waals surface area contributed by atoms with Gasteiger partial charge >= 0.3 is 0 Å². The summed E-state index contributed by atoms with van der Waals surface area (Å²) in [4.78, 5) is 18.2. The van der Waals surface area contributed by atoms with Gasteiger partial charge in [0.25, 0.3) is 5.91 Å². The molecule has 16 heavy (non-hydrogen) atoms. The maximum atomic E-state index is 11.6. The molecule has 5 nitrogen and oxygen atoms in total. The van der Waals surface area contributed by atoms with E-state index in [2.05, 4.69) is 5.16 Å². The van der Waals surface area contributed by atoms with Crippen molar-refractivity contribution in [2.75, 3.05) is 0 Å². The van der Waals surface area contributed by atoms with Crippen molar-refractivity contribution in [2.24, 2.45) is 5.16 Å². The molecule has 0 aromatic carbocycles. The molecule has 88 valence electrons. The van der Waals surface area contributed by atoms with Gasteiger partial charge in [-0.3, -0.25) is 9.69 Å². The molecule has 0 aliphatic carbocycles. The van der Waals surface area contributed by atoms with Crippen LogP contribution in [0.2, 0.25) is 0 Å². The Morgan fingerprint density at radius 3 is 2.88 bits per heavy atom. The summed E-state index contributed by atoms with van der Waals surface area (Å²) in [6.07, 6.45) is 1.89. The second-order valence-corrected chi connectivity index (χ2v) is 4.55. The van der Waals surface area contributed by atoms with Gasteiger partial charge in [-0.25, -0.2) is 0 Å². The Kier molecular flexibility index (Phi) is 2.50. The van der Waals surface area contributed by atoms with Crippen molar-refractivity contribution >= 4 is 11.7 Å². The molecule has 0 radical (unpaired) electrons. The van der Waals surface area contributed by atoms with E-state index in [-0.39, 0.29) is 11.5 Å². The van der Waals surface area contributed by atoms with Crippen LogP contribution in [-0.2, 0) is 9.63 Å². The lowest BCUT2D eigenvalue weighted by atomic mass is 9.99. The van der Waals surface area contributed by atoms with Gasteiger partial charge in [-0.1, -0.05) is 12.1 Å². The lowest BCUT2D eigenvalue weighted by molar-refractivity contribution is -0.125. The fourth-order valence-corrected chi connectivity index (χ4v) is 1.81. The summed E-state index contributed by atoms with van der Waals surface area (Å²) in [5, 5.41) is 13.7. The molecule has 0 spiro atoms. The average molecular weight is 224 g/mol. The van der Waals surface area contributed by atoms with Crippen LogP contribution in [0, 0.1) is 0 Å². The van der Waals surface area contributed by atoms with E-state index < -0.39 is 6.23 Å². The zero-order valence-electron chi connectivity index (χ0n) is 9.73. The van der Waals surface area contributed by atoms with Gasteiger partial charge in [0.2, 0.25) is 0 Å². The third kappa shape index (κ3) is 1.61. The van der Waals surface area contributed by atoms with Crippen LogP contribution in [-0.4, -0.2) is 33.6 Å². The van der Waals surface area contributed by atoms with Gasteiger partial charge in [0.15, 0.2) is 12.1 Å². The normalized spacial score (nSPS) is 33.9. The number of hydrogen-bond acceptors (Lipinski definition) is 4. The lowest BCUT2D eigenvalue weighted by Crippen LogP contribution is -2.41. The highest BCUT2D eigenvalue weighted by atomic mass is 16.7. The van der Waals surface area contributed by atoms with Crippen molar-refractivity contribution < 1.29 is 14.7 Å². The number of carbonyl (C=O) groups is 1. The van der Waals surface area contributed by atoms with Gasteiger partial charge in [-0.15, -0.1) is 0 Å². The van der Waals surface area contributed by atoms with Gasteiger partial charge in [0.05, 0.1) is 6.42 Å². The number of amidine groups is 1. The molecule has 0 saturated heterocycles. The summed E-state index contributed by atoms with van der Waals surface area (Å²) < 4.78 is 0. The topological polar surface area (TPSA) is 62.1 Å². The monoisotopic (exact) mass is 224 g/mol. The molecule has 0 aromatic rings. The maximum Gasteiger partial charge on any atom is 0.254 e. The number of aliphatic hydroxyl groups excluding tert-OH is 1. The molecule has 1 N–H and O–H groups in total. The van der Waals surface area contributed by atoms with Gasteiger partial charge < -0.3 is 9.94 Å². The molecule has 2 rings (SSSR count). The number of aliphatic hydroxyl groups is 1. The van der Waals surface area contributed by atoms with E-state index in [1.54, 1.807) is 6.92 Å². The van der Waals surface area contributed by atoms with E-state index in [1.165, 1.54) is 11.0 Å². The Morgan fingerprint density at radius 2 is 2.44 bits per heavy atom. The predicted molar refractivity (Wildman–Crippen MR) is 58.4 cm³/mol. The van der Waals surface area contributed by atoms with Gasteiger partial charge in [0, 0.05) is 6.08 Å². The molecule has 1 amide bonds. The zero-order chi connectivity index (χ0) is 11.9. The second kappa shape index (κ2) is 3.59. The third-order valence-corrected chi connectivity index (χ3v) is 3.17. The van der Waals surface area contributed by atoms with E-state index >= 15 is 0 Å². The Labute approximate surface area is 94.4 Å². The van der Waals surface area contributed by atoms with E-state index in [0.717, 1.165) is 6.42 Å². The fourth-order valence-electron chi connectivity index (χ4n) is 1.81. The molecule has 5 heteroatoms. The van der Waals surface area contributed by atoms with Crippen molar-refractivity contribution in [3.05, 3.63) is 11.6 Å². The fraction of sp³-hybridized carbons (Fsp3) is 0.636. The molecule has 2 aliphatic heterocycles. The highest BCUT2D eigenvalue weighted by molar-refractivity contribution is 6.06. The first-order valence-corrected chi connectivity index (χ1v) is 5.41. The third-order valence-electron chi connectivity index (χ3n) is 3.17. The molecule has 2 heterocycles. The molecule has 0 bridgehead atoms. The minimum absolute atomic E-state index is 0.229. The van der Waals surface area contributed by atoms with E-state index in [0.29, 0.717) is 17.8 Å². The molecular formula is C11H16N2O3. The van der Waals surface area contributed by atoms with Gasteiger partial charge in [-0.2, -0.15) is 0 Å². The lowest BCUT2D eigenvalue weighted by Gasteiger charge is -2.22. The maximum absolute atomic E-state index is 11.6. The van der Waals surface area contributed by atoms with Gasteiger partial charge in [-0.05, 0) is 25.8 Å². The van der Waals surface area contributed by atoms with Crippen LogP contribution in [0.1, 0.15) is 33.6 Å². The number of nitrogens with zero attached hydrogens (tertiary/aromatic N) is 2. The summed E-state index contributed by atoms with van der Waals surface area (Å²) in [6, 6.07) is 0. The summed E-state index contributed by atoms with van der Waals surface area (Å²) in [5.74, 6) is 0.280. The summed E-state index contributed by atoms with van der Waals surface area (Å²) in [5.41, 5.74) is 0.282. The minimum atomic E-state index is -0.894. The van der Waals surface area contributed by atoms with Crippen molar-refractivity contribution in [2.45, 2.75) is 45.4 Å². The van der Waals surface area contributed by atoms with Crippen LogP contribution in [0.3, 0.4) is 0 Å². The first-order valence-electron chi connectivity index (χ1n) is 5.41. The summed E-state index contributed by atoms with van der Waals surface area (Å²) in [6.45, 7) is 5.67. The zero-order valence-corrected chi connectivity index (χ0v) is 9.73. The van der Waals surface area contributed by atoms with Crippen molar-refractivity contribution in [3.63, 3.8) is 0 Å². The van der Waals surface area contributed by atoms with Gasteiger partial charge in [0.1, 0.15) is 5.60 Å². The molecule has 2 aliphatic rings. The first-order chi connectivity index (χ1) is 7.47. The molecule has 0 fully saturated rings. The van der Waals surface area contributed by atoms with E-state index in [1.807, 2.05) is 13.8 Å². The van der Waals surface area contributed by atoms with Crippen LogP contribution in [0.15, 0.2) is 16.8 Å². The van der Waals surface area contributed by atoms with Crippen LogP contribution in [0.25, 0.3) is 0 Å². The predicted octanol–water partition coefficient (Wildman–Crippen LogP) is 0.996. The molecular weight excluding hydrogens is 208 g/mol.